The van der Waals surface area contributed by atoms with Gasteiger partial charge >= 0.3 is 0 Å². The summed E-state index contributed by atoms with van der Waals surface area (Å²) in [5.41, 5.74) is 3.36. The number of nitrogens with zero attached hydrogens (tertiary/aromatic N) is 1. The lowest BCUT2D eigenvalue weighted by Crippen LogP contribution is -2.43. The summed E-state index contributed by atoms with van der Waals surface area (Å²) in [7, 11) is -3.88. The summed E-state index contributed by atoms with van der Waals surface area (Å²) in [4.78, 5) is 12.8. The lowest BCUT2D eigenvalue weighted by Gasteiger charge is -2.26. The number of anilines is 1. The fourth-order valence-electron chi connectivity index (χ4n) is 3.20. The van der Waals surface area contributed by atoms with Gasteiger partial charge in [-0.1, -0.05) is 37.1 Å². The van der Waals surface area contributed by atoms with Crippen LogP contribution in [0.25, 0.3) is 0 Å². The van der Waals surface area contributed by atoms with Crippen LogP contribution in [0.2, 0.25) is 0 Å². The van der Waals surface area contributed by atoms with Crippen molar-refractivity contribution in [1.29, 1.82) is 0 Å². The lowest BCUT2D eigenvalue weighted by atomic mass is 10.1. The minimum atomic E-state index is -3.88. The number of aryl methyl sites for hydroxylation is 3. The van der Waals surface area contributed by atoms with Crippen molar-refractivity contribution in [3.8, 4) is 0 Å². The first-order chi connectivity index (χ1) is 13.1. The molecule has 0 radical (unpaired) electrons. The molecule has 152 valence electrons. The largest absolute Gasteiger partial charge is 0.352 e. The molecular weight excluding hydrogens is 372 g/mol. The Morgan fingerprint density at radius 1 is 1.00 bits per heavy atom. The van der Waals surface area contributed by atoms with Crippen molar-refractivity contribution in [2.45, 2.75) is 58.4 Å². The molecule has 0 aliphatic carbocycles. The second kappa shape index (κ2) is 9.24. The van der Waals surface area contributed by atoms with Crippen molar-refractivity contribution in [3.05, 3.63) is 59.2 Å². The fourth-order valence-corrected chi connectivity index (χ4v) is 4.61. The van der Waals surface area contributed by atoms with Crippen LogP contribution in [-0.2, 0) is 14.8 Å². The molecule has 2 rings (SSSR count). The zero-order valence-corrected chi connectivity index (χ0v) is 18.1. The lowest BCUT2D eigenvalue weighted by molar-refractivity contribution is -0.120. The van der Waals surface area contributed by atoms with Gasteiger partial charge in [-0.25, -0.2) is 8.42 Å². The summed E-state index contributed by atoms with van der Waals surface area (Å²) in [5, 5.41) is 2.90. The average Bonchev–Trinajstić information content (AvgIpc) is 2.59. The van der Waals surface area contributed by atoms with E-state index in [1.54, 1.807) is 36.4 Å². The second-order valence-corrected chi connectivity index (χ2v) is 9.29. The number of nitrogens with one attached hydrogen (secondary N) is 1. The van der Waals surface area contributed by atoms with Crippen LogP contribution in [0.5, 0.6) is 0 Å². The highest BCUT2D eigenvalue weighted by atomic mass is 32.2. The summed E-state index contributed by atoms with van der Waals surface area (Å²) in [5.74, 6) is -0.309. The van der Waals surface area contributed by atoms with Gasteiger partial charge in [0.15, 0.2) is 0 Å². The van der Waals surface area contributed by atoms with Gasteiger partial charge in [0.05, 0.1) is 10.6 Å². The summed E-state index contributed by atoms with van der Waals surface area (Å²) >= 11 is 0. The van der Waals surface area contributed by atoms with E-state index in [2.05, 4.69) is 5.32 Å². The van der Waals surface area contributed by atoms with Crippen LogP contribution in [0.3, 0.4) is 0 Å². The topological polar surface area (TPSA) is 66.5 Å². The van der Waals surface area contributed by atoms with E-state index in [-0.39, 0.29) is 23.4 Å². The Kier molecular flexibility index (Phi) is 7.24. The average molecular weight is 403 g/mol. The molecule has 0 bridgehead atoms. The summed E-state index contributed by atoms with van der Waals surface area (Å²) in [6, 6.07) is 12.2. The first-order valence-corrected chi connectivity index (χ1v) is 11.0. The molecule has 2 aromatic rings. The summed E-state index contributed by atoms with van der Waals surface area (Å²) in [6.07, 6.45) is 1.80. The number of carbonyl (C=O) groups excluding carboxylic acids is 1. The molecular formula is C22H30N2O3S. The van der Waals surface area contributed by atoms with Gasteiger partial charge in [0.2, 0.25) is 5.91 Å². The molecule has 2 aromatic carbocycles. The normalized spacial score (nSPS) is 12.5. The predicted molar refractivity (Wildman–Crippen MR) is 114 cm³/mol. The van der Waals surface area contributed by atoms with E-state index >= 15 is 0 Å². The Hall–Kier alpha value is -2.34. The SMILES string of the molecule is CCC[C@@H](C)NC(=O)CN(c1cc(C)cc(C)c1)S(=O)(=O)c1ccc(C)cc1. The Bertz CT molecular complexity index is 901. The number of sulfonamides is 1. The molecule has 0 aliphatic heterocycles. The van der Waals surface area contributed by atoms with E-state index in [9.17, 15) is 13.2 Å². The third kappa shape index (κ3) is 5.58. The third-order valence-electron chi connectivity index (χ3n) is 4.52. The highest BCUT2D eigenvalue weighted by molar-refractivity contribution is 7.92. The number of hydrogen-bond acceptors (Lipinski definition) is 3. The maximum absolute atomic E-state index is 13.4. The zero-order chi connectivity index (χ0) is 20.9. The quantitative estimate of drug-likeness (QED) is 0.722. The molecule has 0 unspecified atom stereocenters. The van der Waals surface area contributed by atoms with Gasteiger partial charge in [0.1, 0.15) is 6.54 Å². The van der Waals surface area contributed by atoms with Gasteiger partial charge in [0, 0.05) is 6.04 Å². The van der Waals surface area contributed by atoms with Crippen molar-refractivity contribution in [2.75, 3.05) is 10.8 Å². The fraction of sp³-hybridized carbons (Fsp3) is 0.409. The number of hydrogen-bond donors (Lipinski definition) is 1. The van der Waals surface area contributed by atoms with Crippen LogP contribution in [-0.4, -0.2) is 26.9 Å². The number of benzene rings is 2. The van der Waals surface area contributed by atoms with E-state index in [0.29, 0.717) is 5.69 Å². The molecule has 0 fully saturated rings. The van der Waals surface area contributed by atoms with Crippen LogP contribution in [0, 0.1) is 20.8 Å². The Morgan fingerprint density at radius 2 is 1.57 bits per heavy atom. The standard InChI is InChI=1S/C22H30N2O3S/c1-6-7-19(5)23-22(25)15-24(20-13-17(3)12-18(4)14-20)28(26,27)21-10-8-16(2)9-11-21/h8-14,19H,6-7,15H2,1-5H3,(H,23,25)/t19-/m1/s1. The number of amides is 1. The van der Waals surface area contributed by atoms with E-state index in [0.717, 1.165) is 29.5 Å². The minimum absolute atomic E-state index is 0.000625. The number of rotatable bonds is 8. The van der Waals surface area contributed by atoms with Crippen LogP contribution >= 0.6 is 0 Å². The van der Waals surface area contributed by atoms with Crippen LogP contribution in [0.4, 0.5) is 5.69 Å². The zero-order valence-electron chi connectivity index (χ0n) is 17.3. The van der Waals surface area contributed by atoms with Crippen molar-refractivity contribution in [3.63, 3.8) is 0 Å². The second-order valence-electron chi connectivity index (χ2n) is 7.43. The minimum Gasteiger partial charge on any atom is -0.352 e. The predicted octanol–water partition coefficient (Wildman–Crippen LogP) is 4.11. The maximum Gasteiger partial charge on any atom is 0.264 e. The Balaban J connectivity index is 2.43. The van der Waals surface area contributed by atoms with Crippen molar-refractivity contribution < 1.29 is 13.2 Å². The van der Waals surface area contributed by atoms with Gasteiger partial charge < -0.3 is 5.32 Å². The van der Waals surface area contributed by atoms with Crippen LogP contribution in [0.15, 0.2) is 47.4 Å². The van der Waals surface area contributed by atoms with Crippen LogP contribution < -0.4 is 9.62 Å². The third-order valence-corrected chi connectivity index (χ3v) is 6.31. The van der Waals surface area contributed by atoms with E-state index in [1.807, 2.05) is 40.7 Å². The van der Waals surface area contributed by atoms with Crippen molar-refractivity contribution in [2.24, 2.45) is 0 Å². The first kappa shape index (κ1) is 22.0. The smallest absolute Gasteiger partial charge is 0.264 e. The molecule has 0 aliphatic rings. The van der Waals surface area contributed by atoms with Gasteiger partial charge in [0.25, 0.3) is 10.0 Å². The van der Waals surface area contributed by atoms with E-state index in [4.69, 9.17) is 0 Å². The molecule has 28 heavy (non-hydrogen) atoms. The highest BCUT2D eigenvalue weighted by Gasteiger charge is 2.27. The maximum atomic E-state index is 13.4. The molecule has 0 spiro atoms. The molecule has 0 aromatic heterocycles. The van der Waals surface area contributed by atoms with Gasteiger partial charge in [-0.15, -0.1) is 0 Å². The van der Waals surface area contributed by atoms with Crippen molar-refractivity contribution in [1.82, 2.24) is 5.32 Å². The van der Waals surface area contributed by atoms with E-state index < -0.39 is 10.0 Å². The van der Waals surface area contributed by atoms with Crippen LogP contribution in [0.1, 0.15) is 43.4 Å². The highest BCUT2D eigenvalue weighted by Crippen LogP contribution is 2.26. The molecule has 5 nitrogen and oxygen atoms in total. The molecule has 0 saturated carbocycles. The molecule has 6 heteroatoms. The molecule has 1 N–H and O–H groups in total. The first-order valence-electron chi connectivity index (χ1n) is 9.60. The Morgan fingerprint density at radius 3 is 2.11 bits per heavy atom. The summed E-state index contributed by atoms with van der Waals surface area (Å²) < 4.78 is 27.9. The number of carbonyl (C=O) groups is 1. The molecule has 0 saturated heterocycles. The monoisotopic (exact) mass is 402 g/mol. The summed E-state index contributed by atoms with van der Waals surface area (Å²) in [6.45, 7) is 9.45. The van der Waals surface area contributed by atoms with Gasteiger partial charge in [-0.2, -0.15) is 0 Å². The van der Waals surface area contributed by atoms with Crippen molar-refractivity contribution >= 4 is 21.6 Å². The molecule has 1 amide bonds. The van der Waals surface area contributed by atoms with Gasteiger partial charge in [-0.3, -0.25) is 9.10 Å². The Labute approximate surface area is 168 Å². The van der Waals surface area contributed by atoms with Gasteiger partial charge in [-0.05, 0) is 69.5 Å². The van der Waals surface area contributed by atoms with E-state index in [1.165, 1.54) is 4.31 Å². The molecule has 0 heterocycles. The molecule has 1 atom stereocenters.